The van der Waals surface area contributed by atoms with Gasteiger partial charge in [0.2, 0.25) is 5.91 Å². The maximum Gasteiger partial charge on any atom is 0.231 e. The Morgan fingerprint density at radius 1 is 1.23 bits per heavy atom. The topological polar surface area (TPSA) is 67.0 Å². The summed E-state index contributed by atoms with van der Waals surface area (Å²) in [5.41, 5.74) is 2.67. The Labute approximate surface area is 127 Å². The predicted molar refractivity (Wildman–Crippen MR) is 83.9 cm³/mol. The van der Waals surface area contributed by atoms with E-state index in [9.17, 15) is 4.79 Å². The van der Waals surface area contributed by atoms with Crippen LogP contribution in [0.1, 0.15) is 5.56 Å². The maximum absolute atomic E-state index is 12.5. The average Bonchev–Trinajstić information content (AvgIpc) is 3.04. The van der Waals surface area contributed by atoms with E-state index in [4.69, 9.17) is 4.74 Å². The van der Waals surface area contributed by atoms with E-state index in [1.165, 1.54) is 0 Å². The lowest BCUT2D eigenvalue weighted by atomic mass is 9.96. The molecule has 5 nitrogen and oxygen atoms in total. The highest BCUT2D eigenvalue weighted by Crippen LogP contribution is 2.28. The van der Waals surface area contributed by atoms with E-state index in [1.54, 1.807) is 6.20 Å². The largest absolute Gasteiger partial charge is 0.492 e. The van der Waals surface area contributed by atoms with Gasteiger partial charge in [0.15, 0.2) is 0 Å². The number of hydrogen-bond donors (Lipinski definition) is 2. The molecule has 0 saturated heterocycles. The highest BCUT2D eigenvalue weighted by Gasteiger charge is 2.26. The number of H-pyrrole nitrogens is 1. The van der Waals surface area contributed by atoms with Crippen molar-refractivity contribution in [1.82, 2.24) is 10.2 Å². The molecule has 1 atom stereocenters. The van der Waals surface area contributed by atoms with Crippen LogP contribution in [-0.2, 0) is 11.2 Å². The number of carbonyl (C=O) groups is 1. The molecule has 0 spiro atoms. The van der Waals surface area contributed by atoms with E-state index in [0.717, 1.165) is 27.9 Å². The zero-order valence-electron chi connectivity index (χ0n) is 11.9. The number of nitrogens with one attached hydrogen (secondary N) is 2. The number of amides is 1. The molecule has 2 aromatic carbocycles. The Bertz CT molecular complexity index is 841. The summed E-state index contributed by atoms with van der Waals surface area (Å²) in [6.45, 7) is 0.405. The first kappa shape index (κ1) is 12.9. The van der Waals surface area contributed by atoms with Crippen molar-refractivity contribution >= 4 is 22.5 Å². The third-order valence-electron chi connectivity index (χ3n) is 3.98. The van der Waals surface area contributed by atoms with Crippen LogP contribution in [-0.4, -0.2) is 22.7 Å². The van der Waals surface area contributed by atoms with Crippen LogP contribution in [0.25, 0.3) is 10.9 Å². The van der Waals surface area contributed by atoms with Crippen molar-refractivity contribution in [1.29, 1.82) is 0 Å². The van der Waals surface area contributed by atoms with Gasteiger partial charge in [-0.2, -0.15) is 5.10 Å². The number of aromatic amines is 1. The van der Waals surface area contributed by atoms with Crippen molar-refractivity contribution < 1.29 is 9.53 Å². The lowest BCUT2D eigenvalue weighted by Crippen LogP contribution is -2.32. The summed E-state index contributed by atoms with van der Waals surface area (Å²) < 4.78 is 5.69. The zero-order chi connectivity index (χ0) is 14.9. The second-order valence-electron chi connectivity index (χ2n) is 5.45. The van der Waals surface area contributed by atoms with Crippen LogP contribution in [0.2, 0.25) is 0 Å². The van der Waals surface area contributed by atoms with E-state index >= 15 is 0 Å². The molecule has 0 radical (unpaired) electrons. The van der Waals surface area contributed by atoms with E-state index in [2.05, 4.69) is 15.5 Å². The van der Waals surface area contributed by atoms with Gasteiger partial charge < -0.3 is 10.1 Å². The second kappa shape index (κ2) is 5.18. The summed E-state index contributed by atoms with van der Waals surface area (Å²) in [4.78, 5) is 12.5. The molecule has 0 fully saturated rings. The van der Waals surface area contributed by atoms with Gasteiger partial charge in [-0.3, -0.25) is 9.89 Å². The van der Waals surface area contributed by atoms with Crippen molar-refractivity contribution in [3.8, 4) is 5.75 Å². The molecule has 1 amide bonds. The summed E-state index contributed by atoms with van der Waals surface area (Å²) >= 11 is 0. The molecule has 1 aliphatic rings. The molecular weight excluding hydrogens is 278 g/mol. The SMILES string of the molecule is O=C(Nc1cccc2cn[nH]c12)C1COc2ccccc2C1. The fraction of sp³-hybridized carbons (Fsp3) is 0.176. The summed E-state index contributed by atoms with van der Waals surface area (Å²) in [6, 6.07) is 13.6. The molecule has 22 heavy (non-hydrogen) atoms. The van der Waals surface area contributed by atoms with Crippen LogP contribution < -0.4 is 10.1 Å². The number of hydrogen-bond acceptors (Lipinski definition) is 3. The summed E-state index contributed by atoms with van der Waals surface area (Å²) in [5, 5.41) is 10.9. The van der Waals surface area contributed by atoms with Gasteiger partial charge >= 0.3 is 0 Å². The molecule has 1 unspecified atom stereocenters. The van der Waals surface area contributed by atoms with Crippen molar-refractivity contribution in [2.75, 3.05) is 11.9 Å². The van der Waals surface area contributed by atoms with Crippen LogP contribution in [0.5, 0.6) is 5.75 Å². The number of carbonyl (C=O) groups excluding carboxylic acids is 1. The van der Waals surface area contributed by atoms with Crippen LogP contribution in [0.3, 0.4) is 0 Å². The number of rotatable bonds is 2. The van der Waals surface area contributed by atoms with E-state index in [-0.39, 0.29) is 11.8 Å². The maximum atomic E-state index is 12.5. The Kier molecular flexibility index (Phi) is 3.04. The Hall–Kier alpha value is -2.82. The summed E-state index contributed by atoms with van der Waals surface area (Å²) in [7, 11) is 0. The average molecular weight is 293 g/mol. The number of aromatic nitrogens is 2. The number of nitrogens with zero attached hydrogens (tertiary/aromatic N) is 1. The summed E-state index contributed by atoms with van der Waals surface area (Å²) in [6.07, 6.45) is 2.44. The quantitative estimate of drug-likeness (QED) is 0.763. The van der Waals surface area contributed by atoms with Crippen LogP contribution in [0, 0.1) is 5.92 Å². The summed E-state index contributed by atoms with van der Waals surface area (Å²) in [5.74, 6) is 0.659. The molecule has 2 heterocycles. The number of para-hydroxylation sites is 2. The normalized spacial score (nSPS) is 16.8. The minimum Gasteiger partial charge on any atom is -0.492 e. The highest BCUT2D eigenvalue weighted by molar-refractivity contribution is 6.01. The number of fused-ring (bicyclic) bond motifs is 2. The fourth-order valence-electron chi connectivity index (χ4n) is 2.80. The molecule has 0 saturated carbocycles. The lowest BCUT2D eigenvalue weighted by Gasteiger charge is -2.24. The van der Waals surface area contributed by atoms with Gasteiger partial charge in [-0.25, -0.2) is 0 Å². The number of benzene rings is 2. The lowest BCUT2D eigenvalue weighted by molar-refractivity contribution is -0.121. The van der Waals surface area contributed by atoms with E-state index in [0.29, 0.717) is 13.0 Å². The first-order valence-electron chi connectivity index (χ1n) is 7.25. The molecule has 1 aromatic heterocycles. The molecule has 1 aliphatic heterocycles. The zero-order valence-corrected chi connectivity index (χ0v) is 11.9. The van der Waals surface area contributed by atoms with Crippen molar-refractivity contribution in [3.63, 3.8) is 0 Å². The van der Waals surface area contributed by atoms with Gasteiger partial charge in [0, 0.05) is 5.39 Å². The van der Waals surface area contributed by atoms with Gasteiger partial charge in [0.05, 0.1) is 23.3 Å². The van der Waals surface area contributed by atoms with Gasteiger partial charge in [-0.15, -0.1) is 0 Å². The van der Waals surface area contributed by atoms with Gasteiger partial charge in [0.25, 0.3) is 0 Å². The smallest absolute Gasteiger partial charge is 0.231 e. The monoisotopic (exact) mass is 293 g/mol. The second-order valence-corrected chi connectivity index (χ2v) is 5.45. The van der Waals surface area contributed by atoms with Crippen LogP contribution in [0.4, 0.5) is 5.69 Å². The number of anilines is 1. The van der Waals surface area contributed by atoms with Crippen LogP contribution >= 0.6 is 0 Å². The Morgan fingerprint density at radius 3 is 3.09 bits per heavy atom. The highest BCUT2D eigenvalue weighted by atomic mass is 16.5. The van der Waals surface area contributed by atoms with Gasteiger partial charge in [-0.1, -0.05) is 30.3 Å². The van der Waals surface area contributed by atoms with Crippen molar-refractivity contribution in [2.24, 2.45) is 5.92 Å². The molecule has 4 rings (SSSR count). The minimum atomic E-state index is -0.187. The number of ether oxygens (including phenoxy) is 1. The van der Waals surface area contributed by atoms with Crippen molar-refractivity contribution in [2.45, 2.75) is 6.42 Å². The molecule has 5 heteroatoms. The molecule has 0 aliphatic carbocycles. The molecule has 3 aromatic rings. The van der Waals surface area contributed by atoms with E-state index in [1.807, 2.05) is 42.5 Å². The third-order valence-corrected chi connectivity index (χ3v) is 3.98. The molecule has 2 N–H and O–H groups in total. The molecular formula is C17H15N3O2. The predicted octanol–water partition coefficient (Wildman–Crippen LogP) is 2.75. The minimum absolute atomic E-state index is 0.0309. The van der Waals surface area contributed by atoms with Gasteiger partial charge in [0.1, 0.15) is 12.4 Å². The standard InChI is InChI=1S/C17H15N3O2/c21-17(13-8-11-4-1-2-7-15(11)22-10-13)19-14-6-3-5-12-9-18-20-16(12)14/h1-7,9,13H,8,10H2,(H,18,20)(H,19,21). The van der Waals surface area contributed by atoms with Crippen LogP contribution in [0.15, 0.2) is 48.7 Å². The molecule has 110 valence electrons. The Morgan fingerprint density at radius 2 is 2.14 bits per heavy atom. The van der Waals surface area contributed by atoms with Gasteiger partial charge in [-0.05, 0) is 24.1 Å². The Balaban J connectivity index is 1.55. The fourth-order valence-corrected chi connectivity index (χ4v) is 2.80. The van der Waals surface area contributed by atoms with Crippen molar-refractivity contribution in [3.05, 3.63) is 54.2 Å². The first-order valence-corrected chi connectivity index (χ1v) is 7.25. The molecule has 0 bridgehead atoms. The third kappa shape index (κ3) is 2.20. The van der Waals surface area contributed by atoms with E-state index < -0.39 is 0 Å². The first-order chi connectivity index (χ1) is 10.8.